The molecule has 88 valence electrons. The highest BCUT2D eigenvalue weighted by molar-refractivity contribution is 5.41. The molecule has 0 unspecified atom stereocenters. The molecule has 0 radical (unpaired) electrons. The van der Waals surface area contributed by atoms with Gasteiger partial charge in [0.15, 0.2) is 0 Å². The second-order valence-electron chi connectivity index (χ2n) is 3.36. The monoisotopic (exact) mass is 234 g/mol. The number of hydrogen-bond donors (Lipinski definition) is 1. The van der Waals surface area contributed by atoms with E-state index in [4.69, 9.17) is 5.73 Å². The number of nitrogens with zero attached hydrogens (tertiary/aromatic N) is 1. The molecule has 0 amide bonds. The predicted octanol–water partition coefficient (Wildman–Crippen LogP) is 2.63. The van der Waals surface area contributed by atoms with Crippen molar-refractivity contribution in [2.75, 3.05) is 0 Å². The van der Waals surface area contributed by atoms with Crippen LogP contribution < -0.4 is 5.73 Å². The average molecular weight is 234 g/mol. The average Bonchev–Trinajstić information content (AvgIpc) is 2.15. The molecule has 1 aromatic rings. The summed E-state index contributed by atoms with van der Waals surface area (Å²) in [5.41, 5.74) is 3.82. The molecule has 0 aliphatic rings. The molecule has 1 rings (SSSR count). The summed E-state index contributed by atoms with van der Waals surface area (Å²) in [4.78, 5) is 9.58. The second-order valence-corrected chi connectivity index (χ2v) is 3.36. The number of nitro benzene ring substituents is 1. The molecular formula is C9H9F3N2O2. The summed E-state index contributed by atoms with van der Waals surface area (Å²) in [6.45, 7) is 1.46. The van der Waals surface area contributed by atoms with Crippen LogP contribution in [0.1, 0.15) is 24.1 Å². The molecule has 0 aliphatic carbocycles. The van der Waals surface area contributed by atoms with E-state index in [0.717, 1.165) is 12.1 Å². The fourth-order valence-electron chi connectivity index (χ4n) is 1.17. The first-order valence-corrected chi connectivity index (χ1v) is 4.34. The lowest BCUT2D eigenvalue weighted by Crippen LogP contribution is -2.10. The second kappa shape index (κ2) is 4.09. The Labute approximate surface area is 89.0 Å². The molecule has 7 heteroatoms. The van der Waals surface area contributed by atoms with Crippen LogP contribution in [0.2, 0.25) is 0 Å². The lowest BCUT2D eigenvalue weighted by molar-refractivity contribution is -0.385. The van der Waals surface area contributed by atoms with Crippen molar-refractivity contribution in [2.24, 2.45) is 5.73 Å². The van der Waals surface area contributed by atoms with Gasteiger partial charge in [0.1, 0.15) is 0 Å². The van der Waals surface area contributed by atoms with Crippen molar-refractivity contribution in [2.45, 2.75) is 19.1 Å². The molecule has 0 saturated heterocycles. The molecule has 0 aliphatic heterocycles. The molecule has 0 aromatic heterocycles. The number of benzene rings is 1. The Bertz CT molecular complexity index is 416. The van der Waals surface area contributed by atoms with Crippen LogP contribution in [0, 0.1) is 10.1 Å². The summed E-state index contributed by atoms with van der Waals surface area (Å²) < 4.78 is 37.2. The largest absolute Gasteiger partial charge is 0.416 e. The Morgan fingerprint density at radius 1 is 1.38 bits per heavy atom. The number of hydrogen-bond acceptors (Lipinski definition) is 3. The number of non-ortho nitro benzene ring substituents is 1. The highest BCUT2D eigenvalue weighted by Crippen LogP contribution is 2.33. The van der Waals surface area contributed by atoms with Gasteiger partial charge in [-0.3, -0.25) is 10.1 Å². The molecule has 0 bridgehead atoms. The van der Waals surface area contributed by atoms with E-state index in [2.05, 4.69) is 0 Å². The van der Waals surface area contributed by atoms with Crippen molar-refractivity contribution in [3.8, 4) is 0 Å². The zero-order valence-corrected chi connectivity index (χ0v) is 8.28. The summed E-state index contributed by atoms with van der Waals surface area (Å²) in [6, 6.07) is 1.66. The van der Waals surface area contributed by atoms with E-state index in [1.54, 1.807) is 0 Å². The molecule has 4 nitrogen and oxygen atoms in total. The summed E-state index contributed by atoms with van der Waals surface area (Å²) in [6.07, 6.45) is -4.62. The van der Waals surface area contributed by atoms with Crippen LogP contribution in [0.4, 0.5) is 18.9 Å². The van der Waals surface area contributed by atoms with Crippen LogP contribution in [0.25, 0.3) is 0 Å². The van der Waals surface area contributed by atoms with Gasteiger partial charge in [0.25, 0.3) is 5.69 Å². The van der Waals surface area contributed by atoms with Gasteiger partial charge in [-0.15, -0.1) is 0 Å². The van der Waals surface area contributed by atoms with Gasteiger partial charge in [0, 0.05) is 18.2 Å². The van der Waals surface area contributed by atoms with Gasteiger partial charge >= 0.3 is 6.18 Å². The van der Waals surface area contributed by atoms with Crippen molar-refractivity contribution in [1.29, 1.82) is 0 Å². The fourth-order valence-corrected chi connectivity index (χ4v) is 1.17. The van der Waals surface area contributed by atoms with E-state index in [1.807, 2.05) is 0 Å². The Hall–Kier alpha value is -1.63. The molecule has 2 N–H and O–H groups in total. The van der Waals surface area contributed by atoms with Gasteiger partial charge in [0.2, 0.25) is 0 Å². The first-order chi connectivity index (χ1) is 7.21. The Balaban J connectivity index is 3.36. The van der Waals surface area contributed by atoms with Gasteiger partial charge in [-0.25, -0.2) is 0 Å². The fraction of sp³-hybridized carbons (Fsp3) is 0.333. The van der Waals surface area contributed by atoms with Crippen LogP contribution in [0.3, 0.4) is 0 Å². The van der Waals surface area contributed by atoms with Crippen LogP contribution in [0.5, 0.6) is 0 Å². The first kappa shape index (κ1) is 12.4. The Kier molecular flexibility index (Phi) is 3.18. The quantitative estimate of drug-likeness (QED) is 0.631. The maximum Gasteiger partial charge on any atom is 0.416 e. The van der Waals surface area contributed by atoms with Crippen molar-refractivity contribution in [3.05, 3.63) is 39.4 Å². The maximum atomic E-state index is 12.4. The van der Waals surface area contributed by atoms with Gasteiger partial charge in [0.05, 0.1) is 10.5 Å². The third kappa shape index (κ3) is 2.69. The van der Waals surface area contributed by atoms with E-state index >= 15 is 0 Å². The molecule has 0 spiro atoms. The normalized spacial score (nSPS) is 13.6. The van der Waals surface area contributed by atoms with Gasteiger partial charge < -0.3 is 5.73 Å². The number of halogens is 3. The zero-order valence-electron chi connectivity index (χ0n) is 8.28. The van der Waals surface area contributed by atoms with E-state index in [0.29, 0.717) is 6.07 Å². The van der Waals surface area contributed by atoms with Crippen molar-refractivity contribution < 1.29 is 18.1 Å². The molecule has 1 atom stereocenters. The zero-order chi connectivity index (χ0) is 12.5. The van der Waals surface area contributed by atoms with Crippen molar-refractivity contribution in [3.63, 3.8) is 0 Å². The Morgan fingerprint density at radius 2 is 1.94 bits per heavy atom. The molecular weight excluding hydrogens is 225 g/mol. The number of nitrogens with two attached hydrogens (primary N) is 1. The molecule has 0 heterocycles. The highest BCUT2D eigenvalue weighted by Gasteiger charge is 2.32. The van der Waals surface area contributed by atoms with E-state index in [9.17, 15) is 23.3 Å². The lowest BCUT2D eigenvalue weighted by Gasteiger charge is -2.10. The van der Waals surface area contributed by atoms with Gasteiger partial charge in [-0.1, -0.05) is 0 Å². The Morgan fingerprint density at radius 3 is 2.31 bits per heavy atom. The van der Waals surface area contributed by atoms with Crippen molar-refractivity contribution in [1.82, 2.24) is 0 Å². The number of rotatable bonds is 2. The van der Waals surface area contributed by atoms with Crippen LogP contribution in [-0.2, 0) is 6.18 Å². The SMILES string of the molecule is C[C@@H](N)c1cc([N+](=O)[O-])cc(C(F)(F)F)c1. The third-order valence-electron chi connectivity index (χ3n) is 2.00. The smallest absolute Gasteiger partial charge is 0.324 e. The van der Waals surface area contributed by atoms with Crippen LogP contribution >= 0.6 is 0 Å². The van der Waals surface area contributed by atoms with E-state index < -0.39 is 28.4 Å². The molecule has 0 saturated carbocycles. The first-order valence-electron chi connectivity index (χ1n) is 4.34. The molecule has 1 aromatic carbocycles. The van der Waals surface area contributed by atoms with Crippen molar-refractivity contribution >= 4 is 5.69 Å². The maximum absolute atomic E-state index is 12.4. The highest BCUT2D eigenvalue weighted by atomic mass is 19.4. The van der Waals surface area contributed by atoms with E-state index in [1.165, 1.54) is 6.92 Å². The van der Waals surface area contributed by atoms with Gasteiger partial charge in [-0.05, 0) is 18.6 Å². The van der Waals surface area contributed by atoms with Crippen LogP contribution in [0.15, 0.2) is 18.2 Å². The van der Waals surface area contributed by atoms with E-state index in [-0.39, 0.29) is 5.56 Å². The minimum Gasteiger partial charge on any atom is -0.324 e. The topological polar surface area (TPSA) is 69.2 Å². The minimum absolute atomic E-state index is 0.0847. The lowest BCUT2D eigenvalue weighted by atomic mass is 10.0. The van der Waals surface area contributed by atoms with Crippen LogP contribution in [-0.4, -0.2) is 4.92 Å². The predicted molar refractivity (Wildman–Crippen MR) is 50.7 cm³/mol. The molecule has 0 fully saturated rings. The third-order valence-corrected chi connectivity index (χ3v) is 2.00. The minimum atomic E-state index is -4.62. The summed E-state index contributed by atoms with van der Waals surface area (Å²) in [7, 11) is 0. The standard InChI is InChI=1S/C9H9F3N2O2/c1-5(13)6-2-7(9(10,11)12)4-8(3-6)14(15)16/h2-5H,13H2,1H3/t5-/m1/s1. The number of nitro groups is 1. The summed E-state index contributed by atoms with van der Waals surface area (Å²) in [5.74, 6) is 0. The molecule has 16 heavy (non-hydrogen) atoms. The summed E-state index contributed by atoms with van der Waals surface area (Å²) >= 11 is 0. The van der Waals surface area contributed by atoms with Gasteiger partial charge in [-0.2, -0.15) is 13.2 Å². The summed E-state index contributed by atoms with van der Waals surface area (Å²) in [5, 5.41) is 10.5. The number of alkyl halides is 3.